The molecule has 2 saturated heterocycles. The summed E-state index contributed by atoms with van der Waals surface area (Å²) in [6.45, 7) is 7.57. The summed E-state index contributed by atoms with van der Waals surface area (Å²) in [6, 6.07) is 12.0. The Balaban J connectivity index is 1.39. The van der Waals surface area contributed by atoms with Gasteiger partial charge in [-0.05, 0) is 55.2 Å². The normalized spacial score (nSPS) is 19.9. The van der Waals surface area contributed by atoms with E-state index in [1.807, 2.05) is 29.2 Å². The van der Waals surface area contributed by atoms with E-state index in [-0.39, 0.29) is 5.91 Å². The van der Waals surface area contributed by atoms with Crippen LogP contribution in [-0.2, 0) is 0 Å². The van der Waals surface area contributed by atoms with Crippen LogP contribution in [0, 0.1) is 5.92 Å². The standard InChI is InChI=1S/C23H30N4O2/c1-18-4-3-11-27(17-18)23(28)19-9-10-24-22(16-19)26-14-12-25(13-15-26)20-5-7-21(29-2)8-6-20/h5-10,16,18H,3-4,11-15,17H2,1-2H3. The van der Waals surface area contributed by atoms with Crippen molar-refractivity contribution < 1.29 is 9.53 Å². The topological polar surface area (TPSA) is 48.9 Å². The second-order valence-corrected chi connectivity index (χ2v) is 8.07. The van der Waals surface area contributed by atoms with E-state index in [1.54, 1.807) is 13.3 Å². The zero-order valence-electron chi connectivity index (χ0n) is 17.4. The first-order valence-electron chi connectivity index (χ1n) is 10.5. The summed E-state index contributed by atoms with van der Waals surface area (Å²) in [5.41, 5.74) is 1.96. The zero-order valence-corrected chi connectivity index (χ0v) is 17.4. The molecule has 4 rings (SSSR count). The number of rotatable bonds is 4. The number of nitrogens with zero attached hydrogens (tertiary/aromatic N) is 4. The predicted molar refractivity (Wildman–Crippen MR) is 116 cm³/mol. The molecule has 2 aromatic rings. The third kappa shape index (κ3) is 4.47. The maximum Gasteiger partial charge on any atom is 0.254 e. The maximum absolute atomic E-state index is 12.9. The Kier molecular flexibility index (Phi) is 5.88. The number of anilines is 2. The molecule has 154 valence electrons. The van der Waals surface area contributed by atoms with Crippen molar-refractivity contribution in [3.05, 3.63) is 48.2 Å². The molecular weight excluding hydrogens is 364 g/mol. The van der Waals surface area contributed by atoms with Crippen LogP contribution in [0.4, 0.5) is 11.5 Å². The van der Waals surface area contributed by atoms with Crippen molar-refractivity contribution in [1.82, 2.24) is 9.88 Å². The van der Waals surface area contributed by atoms with Gasteiger partial charge in [-0.3, -0.25) is 4.79 Å². The molecular formula is C23H30N4O2. The van der Waals surface area contributed by atoms with E-state index in [9.17, 15) is 4.79 Å². The lowest BCUT2D eigenvalue weighted by molar-refractivity contribution is 0.0683. The lowest BCUT2D eigenvalue weighted by Crippen LogP contribution is -2.47. The number of carbonyl (C=O) groups excluding carboxylic acids is 1. The first-order valence-corrected chi connectivity index (χ1v) is 10.5. The molecule has 6 nitrogen and oxygen atoms in total. The Morgan fingerprint density at radius 1 is 1.03 bits per heavy atom. The summed E-state index contributed by atoms with van der Waals surface area (Å²) in [5.74, 6) is 2.49. The fraction of sp³-hybridized carbons (Fsp3) is 0.478. The molecule has 0 bridgehead atoms. The van der Waals surface area contributed by atoms with Crippen LogP contribution in [0.15, 0.2) is 42.6 Å². The minimum Gasteiger partial charge on any atom is -0.497 e. The number of carbonyl (C=O) groups is 1. The van der Waals surface area contributed by atoms with Gasteiger partial charge < -0.3 is 19.4 Å². The molecule has 1 amide bonds. The molecule has 0 N–H and O–H groups in total. The number of piperazine rings is 1. The van der Waals surface area contributed by atoms with Crippen LogP contribution in [0.3, 0.4) is 0 Å². The molecule has 1 aromatic heterocycles. The van der Waals surface area contributed by atoms with Gasteiger partial charge >= 0.3 is 0 Å². The highest BCUT2D eigenvalue weighted by atomic mass is 16.5. The van der Waals surface area contributed by atoms with Gasteiger partial charge in [0.1, 0.15) is 11.6 Å². The molecule has 0 radical (unpaired) electrons. The van der Waals surface area contributed by atoms with Crippen LogP contribution in [0.5, 0.6) is 5.75 Å². The highest BCUT2D eigenvalue weighted by molar-refractivity contribution is 5.95. The van der Waals surface area contributed by atoms with Gasteiger partial charge in [0.05, 0.1) is 7.11 Å². The van der Waals surface area contributed by atoms with E-state index >= 15 is 0 Å². The first-order chi connectivity index (χ1) is 14.1. The smallest absolute Gasteiger partial charge is 0.254 e. The molecule has 1 aromatic carbocycles. The number of piperidine rings is 1. The molecule has 0 aliphatic carbocycles. The maximum atomic E-state index is 12.9. The van der Waals surface area contributed by atoms with Crippen LogP contribution >= 0.6 is 0 Å². The Hall–Kier alpha value is -2.76. The molecule has 1 unspecified atom stereocenters. The lowest BCUT2D eigenvalue weighted by atomic mass is 9.99. The van der Waals surface area contributed by atoms with Crippen LogP contribution < -0.4 is 14.5 Å². The van der Waals surface area contributed by atoms with Crippen molar-refractivity contribution in [3.8, 4) is 5.75 Å². The molecule has 29 heavy (non-hydrogen) atoms. The fourth-order valence-electron chi connectivity index (χ4n) is 4.27. The minimum atomic E-state index is 0.136. The summed E-state index contributed by atoms with van der Waals surface area (Å²) < 4.78 is 5.25. The van der Waals surface area contributed by atoms with E-state index in [4.69, 9.17) is 4.74 Å². The van der Waals surface area contributed by atoms with E-state index in [0.29, 0.717) is 5.92 Å². The van der Waals surface area contributed by atoms with Gasteiger partial charge in [-0.1, -0.05) is 6.92 Å². The number of hydrogen-bond donors (Lipinski definition) is 0. The Morgan fingerprint density at radius 2 is 1.76 bits per heavy atom. The molecule has 6 heteroatoms. The van der Waals surface area contributed by atoms with E-state index in [1.165, 1.54) is 12.1 Å². The largest absolute Gasteiger partial charge is 0.497 e. The van der Waals surface area contributed by atoms with E-state index in [0.717, 1.165) is 62.8 Å². The number of hydrogen-bond acceptors (Lipinski definition) is 5. The molecule has 2 fully saturated rings. The summed E-state index contributed by atoms with van der Waals surface area (Å²) in [6.07, 6.45) is 4.08. The highest BCUT2D eigenvalue weighted by Crippen LogP contribution is 2.23. The van der Waals surface area contributed by atoms with Gasteiger partial charge in [-0.15, -0.1) is 0 Å². The molecule has 1 atom stereocenters. The van der Waals surface area contributed by atoms with Crippen molar-refractivity contribution in [1.29, 1.82) is 0 Å². The van der Waals surface area contributed by atoms with Crippen molar-refractivity contribution >= 4 is 17.4 Å². The SMILES string of the molecule is COc1ccc(N2CCN(c3cc(C(=O)N4CCCC(C)C4)ccn3)CC2)cc1. The second kappa shape index (κ2) is 8.72. The van der Waals surface area contributed by atoms with Crippen molar-refractivity contribution in [3.63, 3.8) is 0 Å². The van der Waals surface area contributed by atoms with Gasteiger partial charge in [-0.25, -0.2) is 4.98 Å². The lowest BCUT2D eigenvalue weighted by Gasteiger charge is -2.37. The Labute approximate surface area is 173 Å². The molecule has 2 aliphatic rings. The van der Waals surface area contributed by atoms with Gasteiger partial charge in [0.25, 0.3) is 5.91 Å². The summed E-state index contributed by atoms with van der Waals surface area (Å²) in [5, 5.41) is 0. The number of pyridine rings is 1. The van der Waals surface area contributed by atoms with Gasteiger partial charge in [0, 0.05) is 56.7 Å². The number of amides is 1. The number of likely N-dealkylation sites (tertiary alicyclic amines) is 1. The number of benzene rings is 1. The van der Waals surface area contributed by atoms with Gasteiger partial charge in [0.2, 0.25) is 0 Å². The van der Waals surface area contributed by atoms with Crippen molar-refractivity contribution in [2.24, 2.45) is 5.92 Å². The molecule has 2 aliphatic heterocycles. The Morgan fingerprint density at radius 3 is 2.45 bits per heavy atom. The number of ether oxygens (including phenoxy) is 1. The summed E-state index contributed by atoms with van der Waals surface area (Å²) in [7, 11) is 1.69. The third-order valence-corrected chi connectivity index (χ3v) is 5.98. The summed E-state index contributed by atoms with van der Waals surface area (Å²) >= 11 is 0. The first kappa shape index (κ1) is 19.6. The summed E-state index contributed by atoms with van der Waals surface area (Å²) in [4.78, 5) is 24.1. The second-order valence-electron chi connectivity index (χ2n) is 8.07. The Bertz CT molecular complexity index is 831. The van der Waals surface area contributed by atoms with E-state index in [2.05, 4.69) is 33.8 Å². The van der Waals surface area contributed by atoms with Crippen LogP contribution in [0.2, 0.25) is 0 Å². The van der Waals surface area contributed by atoms with Crippen molar-refractivity contribution in [2.45, 2.75) is 19.8 Å². The van der Waals surface area contributed by atoms with Gasteiger partial charge in [-0.2, -0.15) is 0 Å². The molecule has 0 saturated carbocycles. The number of methoxy groups -OCH3 is 1. The van der Waals surface area contributed by atoms with Crippen LogP contribution in [-0.4, -0.2) is 62.2 Å². The predicted octanol–water partition coefficient (Wildman–Crippen LogP) is 3.29. The average Bonchev–Trinajstić information content (AvgIpc) is 2.79. The van der Waals surface area contributed by atoms with Gasteiger partial charge in [0.15, 0.2) is 0 Å². The molecule has 3 heterocycles. The van der Waals surface area contributed by atoms with Crippen molar-refractivity contribution in [2.75, 3.05) is 56.2 Å². The number of aromatic nitrogens is 1. The average molecular weight is 395 g/mol. The zero-order chi connectivity index (χ0) is 20.2. The monoisotopic (exact) mass is 394 g/mol. The van der Waals surface area contributed by atoms with Crippen LogP contribution in [0.1, 0.15) is 30.1 Å². The molecule has 0 spiro atoms. The fourth-order valence-corrected chi connectivity index (χ4v) is 4.27. The minimum absolute atomic E-state index is 0.136. The quantitative estimate of drug-likeness (QED) is 0.796. The highest BCUT2D eigenvalue weighted by Gasteiger charge is 2.24. The van der Waals surface area contributed by atoms with E-state index < -0.39 is 0 Å². The van der Waals surface area contributed by atoms with Crippen LogP contribution in [0.25, 0.3) is 0 Å². The third-order valence-electron chi connectivity index (χ3n) is 5.98.